The molecule has 28 heavy (non-hydrogen) atoms. The quantitative estimate of drug-likeness (QED) is 0.458. The van der Waals surface area contributed by atoms with Crippen LogP contribution in [-0.4, -0.2) is 17.9 Å². The van der Waals surface area contributed by atoms with E-state index in [1.165, 1.54) is 30.3 Å². The summed E-state index contributed by atoms with van der Waals surface area (Å²) in [6.07, 6.45) is -5.98. The zero-order chi connectivity index (χ0) is 20.1. The Morgan fingerprint density at radius 1 is 0.893 bits per heavy atom. The SMILES string of the molecule is O=C(NC(Nc1ccccc1C(F)(F)F)C(=O)c1ccccc1)c1cccs1. The van der Waals surface area contributed by atoms with Gasteiger partial charge in [-0.2, -0.15) is 13.2 Å². The zero-order valence-corrected chi connectivity index (χ0v) is 15.2. The number of alkyl halides is 3. The van der Waals surface area contributed by atoms with Crippen LogP contribution in [0.25, 0.3) is 0 Å². The maximum Gasteiger partial charge on any atom is 0.418 e. The van der Waals surface area contributed by atoms with E-state index in [0.717, 1.165) is 17.4 Å². The highest BCUT2D eigenvalue weighted by Gasteiger charge is 2.34. The van der Waals surface area contributed by atoms with Gasteiger partial charge in [0.2, 0.25) is 5.78 Å². The molecule has 4 nitrogen and oxygen atoms in total. The third-order valence-electron chi connectivity index (χ3n) is 3.87. The minimum atomic E-state index is -4.61. The first-order chi connectivity index (χ1) is 13.4. The van der Waals surface area contributed by atoms with Crippen molar-refractivity contribution in [2.45, 2.75) is 12.3 Å². The smallest absolute Gasteiger partial charge is 0.358 e. The highest BCUT2D eigenvalue weighted by Crippen LogP contribution is 2.34. The second-order valence-electron chi connectivity index (χ2n) is 5.80. The summed E-state index contributed by atoms with van der Waals surface area (Å²) in [6.45, 7) is 0. The lowest BCUT2D eigenvalue weighted by Gasteiger charge is -2.22. The van der Waals surface area contributed by atoms with Gasteiger partial charge in [0.25, 0.3) is 5.91 Å². The van der Waals surface area contributed by atoms with Gasteiger partial charge in [0.15, 0.2) is 6.17 Å². The van der Waals surface area contributed by atoms with Crippen molar-refractivity contribution < 1.29 is 22.8 Å². The fraction of sp³-hybridized carbons (Fsp3) is 0.100. The predicted octanol–water partition coefficient (Wildman–Crippen LogP) is 4.82. The molecular formula is C20H15F3N2O2S. The standard InChI is InChI=1S/C20H15F3N2O2S/c21-20(22,23)14-9-4-5-10-15(14)24-18(17(26)13-7-2-1-3-8-13)25-19(27)16-11-6-12-28-16/h1-12,18,24H,(H,25,27). The molecule has 0 saturated carbocycles. The van der Waals surface area contributed by atoms with Crippen molar-refractivity contribution >= 4 is 28.7 Å². The van der Waals surface area contributed by atoms with Crippen LogP contribution < -0.4 is 10.6 Å². The number of anilines is 1. The van der Waals surface area contributed by atoms with Crippen LogP contribution in [-0.2, 0) is 6.18 Å². The van der Waals surface area contributed by atoms with Gasteiger partial charge in [0.1, 0.15) is 0 Å². The second-order valence-corrected chi connectivity index (χ2v) is 6.75. The lowest BCUT2D eigenvalue weighted by molar-refractivity contribution is -0.137. The topological polar surface area (TPSA) is 58.2 Å². The van der Waals surface area contributed by atoms with Gasteiger partial charge in [0.05, 0.1) is 10.4 Å². The number of amides is 1. The van der Waals surface area contributed by atoms with Gasteiger partial charge in [-0.1, -0.05) is 48.5 Å². The van der Waals surface area contributed by atoms with Crippen LogP contribution in [0.1, 0.15) is 25.6 Å². The fourth-order valence-corrected chi connectivity index (χ4v) is 3.18. The Bertz CT molecular complexity index is 957. The van der Waals surface area contributed by atoms with Crippen LogP contribution >= 0.6 is 11.3 Å². The third kappa shape index (κ3) is 4.58. The fourth-order valence-electron chi connectivity index (χ4n) is 2.56. The van der Waals surface area contributed by atoms with Gasteiger partial charge in [0, 0.05) is 11.3 Å². The van der Waals surface area contributed by atoms with Crippen molar-refractivity contribution in [1.29, 1.82) is 0 Å². The van der Waals surface area contributed by atoms with Gasteiger partial charge in [-0.15, -0.1) is 11.3 Å². The first-order valence-electron chi connectivity index (χ1n) is 8.22. The van der Waals surface area contributed by atoms with Crippen LogP contribution in [0.15, 0.2) is 72.1 Å². The summed E-state index contributed by atoms with van der Waals surface area (Å²) in [5.41, 5.74) is -0.960. The Morgan fingerprint density at radius 3 is 2.21 bits per heavy atom. The van der Waals surface area contributed by atoms with E-state index < -0.39 is 29.6 Å². The van der Waals surface area contributed by atoms with Crippen LogP contribution in [0.2, 0.25) is 0 Å². The molecule has 0 fully saturated rings. The Labute approximate surface area is 163 Å². The average Bonchev–Trinajstić information content (AvgIpc) is 3.22. The Kier molecular flexibility index (Phi) is 5.79. The van der Waals surface area contributed by atoms with Crippen LogP contribution in [0.5, 0.6) is 0 Å². The highest BCUT2D eigenvalue weighted by molar-refractivity contribution is 7.12. The van der Waals surface area contributed by atoms with Gasteiger partial charge < -0.3 is 10.6 Å². The lowest BCUT2D eigenvalue weighted by Crippen LogP contribution is -2.46. The van der Waals surface area contributed by atoms with E-state index in [-0.39, 0.29) is 11.3 Å². The number of carbonyl (C=O) groups is 2. The van der Waals surface area contributed by atoms with Gasteiger partial charge in [-0.25, -0.2) is 0 Å². The Morgan fingerprint density at radius 2 is 1.57 bits per heavy atom. The molecule has 144 valence electrons. The van der Waals surface area contributed by atoms with Crippen molar-refractivity contribution in [3.05, 3.63) is 88.1 Å². The van der Waals surface area contributed by atoms with Crippen molar-refractivity contribution in [2.75, 3.05) is 5.32 Å². The molecule has 2 aromatic carbocycles. The van der Waals surface area contributed by atoms with E-state index in [1.807, 2.05) is 0 Å². The molecule has 0 radical (unpaired) electrons. The van der Waals surface area contributed by atoms with Gasteiger partial charge >= 0.3 is 6.18 Å². The molecule has 0 aliphatic rings. The zero-order valence-electron chi connectivity index (χ0n) is 14.4. The number of benzene rings is 2. The van der Waals surface area contributed by atoms with Crippen molar-refractivity contribution in [3.8, 4) is 0 Å². The van der Waals surface area contributed by atoms with Crippen molar-refractivity contribution in [2.24, 2.45) is 0 Å². The van der Waals surface area contributed by atoms with E-state index >= 15 is 0 Å². The van der Waals surface area contributed by atoms with Gasteiger partial charge in [-0.3, -0.25) is 9.59 Å². The van der Waals surface area contributed by atoms with Crippen LogP contribution in [0, 0.1) is 0 Å². The summed E-state index contributed by atoms with van der Waals surface area (Å²) in [7, 11) is 0. The summed E-state index contributed by atoms with van der Waals surface area (Å²) in [6, 6.07) is 16.1. The first kappa shape index (κ1) is 19.6. The molecule has 1 heterocycles. The number of rotatable bonds is 6. The van der Waals surface area contributed by atoms with Crippen LogP contribution in [0.4, 0.5) is 18.9 Å². The average molecular weight is 404 g/mol. The number of Topliss-reactive ketones (excluding diaryl/α,β-unsaturated/α-hetero) is 1. The lowest BCUT2D eigenvalue weighted by atomic mass is 10.1. The number of ketones is 1. The Hall–Kier alpha value is -3.13. The first-order valence-corrected chi connectivity index (χ1v) is 9.10. The summed E-state index contributed by atoms with van der Waals surface area (Å²) in [5, 5.41) is 6.73. The molecule has 1 aromatic heterocycles. The molecular weight excluding hydrogens is 389 g/mol. The second kappa shape index (κ2) is 8.26. The van der Waals surface area contributed by atoms with Crippen LogP contribution in [0.3, 0.4) is 0 Å². The number of carbonyl (C=O) groups excluding carboxylic acids is 2. The minimum Gasteiger partial charge on any atom is -0.358 e. The molecule has 1 atom stereocenters. The van der Waals surface area contributed by atoms with E-state index in [4.69, 9.17) is 0 Å². The van der Waals surface area contributed by atoms with E-state index in [0.29, 0.717) is 4.88 Å². The highest BCUT2D eigenvalue weighted by atomic mass is 32.1. The molecule has 2 N–H and O–H groups in total. The number of para-hydroxylation sites is 1. The number of hydrogen-bond donors (Lipinski definition) is 2. The molecule has 0 bridgehead atoms. The minimum absolute atomic E-state index is 0.260. The molecule has 0 saturated heterocycles. The van der Waals surface area contributed by atoms with E-state index in [1.54, 1.807) is 35.7 Å². The summed E-state index contributed by atoms with van der Waals surface area (Å²) in [4.78, 5) is 25.6. The predicted molar refractivity (Wildman–Crippen MR) is 101 cm³/mol. The summed E-state index contributed by atoms with van der Waals surface area (Å²) < 4.78 is 39.9. The van der Waals surface area contributed by atoms with Crippen molar-refractivity contribution in [1.82, 2.24) is 5.32 Å². The molecule has 1 amide bonds. The monoisotopic (exact) mass is 404 g/mol. The molecule has 0 aliphatic carbocycles. The Balaban J connectivity index is 1.93. The third-order valence-corrected chi connectivity index (χ3v) is 4.74. The summed E-state index contributed by atoms with van der Waals surface area (Å²) in [5.74, 6) is -1.11. The maximum absolute atomic E-state index is 13.3. The molecule has 0 spiro atoms. The largest absolute Gasteiger partial charge is 0.418 e. The number of hydrogen-bond acceptors (Lipinski definition) is 4. The molecule has 8 heteroatoms. The molecule has 3 rings (SSSR count). The van der Waals surface area contributed by atoms with Gasteiger partial charge in [-0.05, 0) is 23.6 Å². The normalized spacial score (nSPS) is 12.2. The molecule has 0 aliphatic heterocycles. The molecule has 3 aromatic rings. The maximum atomic E-state index is 13.3. The van der Waals surface area contributed by atoms with Crippen molar-refractivity contribution in [3.63, 3.8) is 0 Å². The van der Waals surface area contributed by atoms with E-state index in [2.05, 4.69) is 10.6 Å². The summed E-state index contributed by atoms with van der Waals surface area (Å²) >= 11 is 1.16. The number of thiophene rings is 1. The van der Waals surface area contributed by atoms with E-state index in [9.17, 15) is 22.8 Å². The number of nitrogens with one attached hydrogen (secondary N) is 2. The number of halogens is 3. The molecule has 1 unspecified atom stereocenters.